The van der Waals surface area contributed by atoms with Gasteiger partial charge in [0.15, 0.2) is 0 Å². The fourth-order valence-electron chi connectivity index (χ4n) is 2.19. The van der Waals surface area contributed by atoms with Crippen molar-refractivity contribution in [3.63, 3.8) is 0 Å². The van der Waals surface area contributed by atoms with Crippen LogP contribution in [0.4, 0.5) is 0 Å². The highest BCUT2D eigenvalue weighted by molar-refractivity contribution is 5.89. The van der Waals surface area contributed by atoms with Gasteiger partial charge in [-0.3, -0.25) is 0 Å². The normalized spacial score (nSPS) is 11.7. The molecule has 2 rings (SSSR count). The fraction of sp³-hybridized carbons (Fsp3) is 0.333. The zero-order valence-electron chi connectivity index (χ0n) is 15.1. The van der Waals surface area contributed by atoms with Crippen LogP contribution in [0, 0.1) is 0 Å². The van der Waals surface area contributed by atoms with E-state index in [1.54, 1.807) is 6.07 Å². The number of phenolic OH excluding ortho intramolecular Hbond substituents is 1. The molecule has 1 aromatic carbocycles. The lowest BCUT2D eigenvalue weighted by Gasteiger charge is -2.17. The Morgan fingerprint density at radius 1 is 1.31 bits per heavy atom. The van der Waals surface area contributed by atoms with Crippen LogP contribution in [0.25, 0.3) is 10.9 Å². The molecule has 144 valence electrons. The third-order valence-corrected chi connectivity index (χ3v) is 3.90. The summed E-state index contributed by atoms with van der Waals surface area (Å²) in [5.74, 6) is -2.43. The third-order valence-electron chi connectivity index (χ3n) is 3.90. The van der Waals surface area contributed by atoms with Gasteiger partial charge < -0.3 is 35.5 Å². The van der Waals surface area contributed by atoms with Crippen LogP contribution in [0.2, 0.25) is 0 Å². The lowest BCUT2D eigenvalue weighted by molar-refractivity contribution is -0.901. The Labute approximate surface area is 151 Å². The van der Waals surface area contributed by atoms with E-state index in [-0.39, 0.29) is 5.48 Å². The zero-order valence-corrected chi connectivity index (χ0v) is 15.1. The molecule has 0 saturated carbocycles. The highest BCUT2D eigenvalue weighted by atomic mass is 16.4. The van der Waals surface area contributed by atoms with E-state index in [9.17, 15) is 19.8 Å². The minimum atomic E-state index is -1.51. The van der Waals surface area contributed by atoms with E-state index in [1.165, 1.54) is 10.5 Å². The van der Waals surface area contributed by atoms with Crippen molar-refractivity contribution in [2.24, 2.45) is 0 Å². The topological polar surface area (TPSA) is 149 Å². The summed E-state index contributed by atoms with van der Waals surface area (Å²) in [6, 6.07) is 6.24. The minimum absolute atomic E-state index is 0. The van der Waals surface area contributed by atoms with Gasteiger partial charge in [0.25, 0.3) is 0 Å². The second-order valence-electron chi connectivity index (χ2n) is 6.01. The smallest absolute Gasteiger partial charge is 0.328 e. The number of phenols is 1. The number of carbonyl (C=O) groups is 2. The van der Waals surface area contributed by atoms with Gasteiger partial charge in [-0.1, -0.05) is 6.07 Å². The first-order valence-corrected chi connectivity index (χ1v) is 7.94. The molecule has 1 aromatic heterocycles. The Morgan fingerprint density at radius 3 is 2.46 bits per heavy atom. The molecule has 0 bridgehead atoms. The predicted molar refractivity (Wildman–Crippen MR) is 96.0 cm³/mol. The molecule has 8 nitrogen and oxygen atoms in total. The summed E-state index contributed by atoms with van der Waals surface area (Å²) in [5.41, 5.74) is 2.22. The van der Waals surface area contributed by atoms with Gasteiger partial charge in [-0.15, -0.1) is 0 Å². The van der Waals surface area contributed by atoms with Gasteiger partial charge in [0.2, 0.25) is 0 Å². The van der Waals surface area contributed by atoms with Crippen molar-refractivity contribution in [3.05, 3.63) is 42.1 Å². The molecular formula is C18H26N2O6. The van der Waals surface area contributed by atoms with Gasteiger partial charge in [-0.05, 0) is 37.6 Å². The molecule has 26 heavy (non-hydrogen) atoms. The van der Waals surface area contributed by atoms with E-state index in [2.05, 4.69) is 25.9 Å². The third kappa shape index (κ3) is 7.37. The van der Waals surface area contributed by atoms with Crippen molar-refractivity contribution < 1.29 is 35.3 Å². The number of benzene rings is 1. The van der Waals surface area contributed by atoms with Crippen LogP contribution in [-0.4, -0.2) is 52.2 Å². The second-order valence-corrected chi connectivity index (χ2v) is 6.01. The van der Waals surface area contributed by atoms with Crippen molar-refractivity contribution in [1.29, 1.82) is 0 Å². The summed E-state index contributed by atoms with van der Waals surface area (Å²) in [6.45, 7) is 5.53. The standard InChI is InChI=1S/C14H20N2O.C4H4O4.H2O/c1-10(2)16(3)8-7-11-9-15-12-5-4-6-13(17)14(11)12;5-3(6)1-2-4(7)8;/h4-6,9-10,15,17H,7-8H2,1-3H3;1-2H,(H,5,6)(H,7,8);1H2/b;2-1+;. The van der Waals surface area contributed by atoms with Crippen LogP contribution in [0.15, 0.2) is 36.5 Å². The Kier molecular flexibility index (Phi) is 9.72. The molecule has 0 aliphatic heterocycles. The first-order chi connectivity index (χ1) is 11.7. The highest BCUT2D eigenvalue weighted by Gasteiger charge is 2.11. The van der Waals surface area contributed by atoms with E-state index < -0.39 is 11.9 Å². The second kappa shape index (κ2) is 10.9. The van der Waals surface area contributed by atoms with Crippen molar-refractivity contribution in [2.45, 2.75) is 26.3 Å². The van der Waals surface area contributed by atoms with Crippen LogP contribution in [0.1, 0.15) is 19.4 Å². The number of quaternary nitrogens is 1. The van der Waals surface area contributed by atoms with Crippen LogP contribution < -0.4 is 10.0 Å². The summed E-state index contributed by atoms with van der Waals surface area (Å²) in [7, 11) is 2.21. The van der Waals surface area contributed by atoms with Gasteiger partial charge in [0, 0.05) is 29.6 Å². The molecule has 6 N–H and O–H groups in total. The number of carbonyl (C=O) groups excluding carboxylic acids is 1. The molecule has 0 aliphatic rings. The maximum atomic E-state index is 9.89. The number of H-pyrrole nitrogens is 1. The average Bonchev–Trinajstić information content (AvgIpc) is 2.95. The summed E-state index contributed by atoms with van der Waals surface area (Å²) in [4.78, 5) is 23.7. The van der Waals surface area contributed by atoms with E-state index in [0.717, 1.165) is 23.9 Å². The number of rotatable bonds is 6. The molecule has 0 saturated heterocycles. The number of hydrogen-bond acceptors (Lipinski definition) is 4. The van der Waals surface area contributed by atoms with Crippen molar-refractivity contribution >= 4 is 22.8 Å². The SMILES string of the molecule is CC(C)[NH+](C)CCc1c[nH]c2cccc(O)c12.O.O=C([O-])/C=C/C(=O)O. The van der Waals surface area contributed by atoms with Gasteiger partial charge in [-0.25, -0.2) is 4.79 Å². The average molecular weight is 366 g/mol. The molecule has 0 amide bonds. The van der Waals surface area contributed by atoms with E-state index in [1.807, 2.05) is 18.3 Å². The lowest BCUT2D eigenvalue weighted by Crippen LogP contribution is -3.12. The summed E-state index contributed by atoms with van der Waals surface area (Å²) >= 11 is 0. The summed E-state index contributed by atoms with van der Waals surface area (Å²) in [6.07, 6.45) is 3.94. The molecule has 0 radical (unpaired) electrons. The van der Waals surface area contributed by atoms with E-state index >= 15 is 0 Å². The quantitative estimate of drug-likeness (QED) is 0.478. The van der Waals surface area contributed by atoms with Crippen LogP contribution in [0.5, 0.6) is 5.75 Å². The largest absolute Gasteiger partial charge is 0.545 e. The first-order valence-electron chi connectivity index (χ1n) is 7.94. The number of carboxylic acid groups (broad SMARTS) is 2. The molecule has 1 heterocycles. The number of carboxylic acids is 2. The van der Waals surface area contributed by atoms with Crippen LogP contribution in [0.3, 0.4) is 0 Å². The molecule has 1 atom stereocenters. The van der Waals surface area contributed by atoms with Gasteiger partial charge >= 0.3 is 5.97 Å². The molecule has 2 aromatic rings. The van der Waals surface area contributed by atoms with Gasteiger partial charge in [0.1, 0.15) is 5.75 Å². The predicted octanol–water partition coefficient (Wildman–Crippen LogP) is -1.11. The summed E-state index contributed by atoms with van der Waals surface area (Å²) in [5, 5.41) is 28.1. The van der Waals surface area contributed by atoms with Crippen molar-refractivity contribution in [1.82, 2.24) is 4.98 Å². The highest BCUT2D eigenvalue weighted by Crippen LogP contribution is 2.27. The number of aromatic nitrogens is 1. The van der Waals surface area contributed by atoms with Crippen LogP contribution >= 0.6 is 0 Å². The Hall–Kier alpha value is -2.84. The maximum Gasteiger partial charge on any atom is 0.328 e. The number of nitrogens with one attached hydrogen (secondary N) is 2. The Balaban J connectivity index is 0.000000597. The monoisotopic (exact) mass is 366 g/mol. The number of hydrogen-bond donors (Lipinski definition) is 4. The molecule has 0 spiro atoms. The maximum absolute atomic E-state index is 9.89. The number of fused-ring (bicyclic) bond motifs is 1. The molecule has 0 aliphatic carbocycles. The van der Waals surface area contributed by atoms with Gasteiger partial charge in [-0.2, -0.15) is 0 Å². The number of aromatic amines is 1. The first kappa shape index (κ1) is 23.2. The Morgan fingerprint density at radius 2 is 1.96 bits per heavy atom. The fourth-order valence-corrected chi connectivity index (χ4v) is 2.19. The van der Waals surface area contributed by atoms with Crippen LogP contribution in [-0.2, 0) is 16.0 Å². The molecule has 8 heteroatoms. The number of aromatic hydroxyl groups is 1. The zero-order chi connectivity index (χ0) is 19.0. The van der Waals surface area contributed by atoms with Crippen molar-refractivity contribution in [3.8, 4) is 5.75 Å². The molecule has 1 unspecified atom stereocenters. The molecular weight excluding hydrogens is 340 g/mol. The van der Waals surface area contributed by atoms with Gasteiger partial charge in [0.05, 0.1) is 25.6 Å². The van der Waals surface area contributed by atoms with E-state index in [0.29, 0.717) is 23.9 Å². The van der Waals surface area contributed by atoms with E-state index in [4.69, 9.17) is 5.11 Å². The number of likely N-dealkylation sites (N-methyl/N-ethyl adjacent to an activating group) is 1. The summed E-state index contributed by atoms with van der Waals surface area (Å²) < 4.78 is 0. The molecule has 0 fully saturated rings. The minimum Gasteiger partial charge on any atom is -0.545 e. The lowest BCUT2D eigenvalue weighted by atomic mass is 10.1. The Bertz CT molecular complexity index is 735. The van der Waals surface area contributed by atoms with Crippen molar-refractivity contribution in [2.75, 3.05) is 13.6 Å². The number of aliphatic carboxylic acids is 2.